The van der Waals surface area contributed by atoms with Gasteiger partial charge in [0.05, 0.1) is 18.2 Å². The molecule has 0 aromatic heterocycles. The van der Waals surface area contributed by atoms with Crippen LogP contribution < -0.4 is 10.6 Å². The molecule has 176 valence electrons. The van der Waals surface area contributed by atoms with Crippen LogP contribution in [0, 0.1) is 5.92 Å². The Balaban J connectivity index is 2.29. The van der Waals surface area contributed by atoms with Crippen LogP contribution in [-0.2, 0) is 19.1 Å². The van der Waals surface area contributed by atoms with Gasteiger partial charge in [0.15, 0.2) is 5.11 Å². The molecule has 2 N–H and O–H groups in total. The van der Waals surface area contributed by atoms with Crippen molar-refractivity contribution in [3.63, 3.8) is 0 Å². The van der Waals surface area contributed by atoms with Crippen LogP contribution >= 0.6 is 12.2 Å². The molecule has 0 aliphatic carbocycles. The fourth-order valence-electron chi connectivity index (χ4n) is 3.66. The second-order valence-corrected chi connectivity index (χ2v) is 8.32. The standard InChI is InChI=1S/C24H35N3O4S/c1-6-8-10-17(7-2)22(28)25-19-12-9-11-18(15-19)21-20(23(29)31-14-13-30-5)16(3)27(4)24(32)26-21/h9,11-12,15,17,21H,6-8,10,13-14H2,1-5H3,(H,25,28)(H,26,32). The van der Waals surface area contributed by atoms with Gasteiger partial charge in [0.25, 0.3) is 0 Å². The summed E-state index contributed by atoms with van der Waals surface area (Å²) in [5.74, 6) is -0.413. The second-order valence-electron chi connectivity index (χ2n) is 7.93. The summed E-state index contributed by atoms with van der Waals surface area (Å²) in [6.07, 6.45) is 3.77. The fraction of sp³-hybridized carbons (Fsp3) is 0.542. The lowest BCUT2D eigenvalue weighted by atomic mass is 9.94. The Morgan fingerprint density at radius 2 is 2.03 bits per heavy atom. The Labute approximate surface area is 196 Å². The van der Waals surface area contributed by atoms with E-state index in [0.717, 1.165) is 36.9 Å². The first-order chi connectivity index (χ1) is 15.3. The van der Waals surface area contributed by atoms with Crippen molar-refractivity contribution in [3.05, 3.63) is 41.1 Å². The van der Waals surface area contributed by atoms with E-state index in [1.54, 1.807) is 19.1 Å². The number of esters is 1. The van der Waals surface area contributed by atoms with E-state index in [1.165, 1.54) is 0 Å². The molecule has 0 bridgehead atoms. The number of thiocarbonyl (C=S) groups is 1. The molecule has 1 aliphatic heterocycles. The van der Waals surface area contributed by atoms with E-state index >= 15 is 0 Å². The number of nitrogens with zero attached hydrogens (tertiary/aromatic N) is 1. The van der Waals surface area contributed by atoms with E-state index in [4.69, 9.17) is 21.7 Å². The lowest BCUT2D eigenvalue weighted by Gasteiger charge is -2.35. The van der Waals surface area contributed by atoms with Crippen molar-refractivity contribution in [2.75, 3.05) is 32.7 Å². The molecule has 32 heavy (non-hydrogen) atoms. The molecule has 0 saturated carbocycles. The summed E-state index contributed by atoms with van der Waals surface area (Å²) < 4.78 is 10.4. The van der Waals surface area contributed by atoms with Crippen LogP contribution in [0.25, 0.3) is 0 Å². The number of methoxy groups -OCH3 is 1. The number of carbonyl (C=O) groups is 2. The monoisotopic (exact) mass is 461 g/mol. The van der Waals surface area contributed by atoms with E-state index in [-0.39, 0.29) is 18.4 Å². The number of nitrogens with one attached hydrogen (secondary N) is 2. The van der Waals surface area contributed by atoms with Gasteiger partial charge in [0.1, 0.15) is 6.61 Å². The normalized spacial score (nSPS) is 17.1. The highest BCUT2D eigenvalue weighted by Crippen LogP contribution is 2.32. The number of anilines is 1. The third-order valence-corrected chi connectivity index (χ3v) is 6.14. The van der Waals surface area contributed by atoms with Gasteiger partial charge >= 0.3 is 5.97 Å². The number of rotatable bonds is 11. The largest absolute Gasteiger partial charge is 0.460 e. The smallest absolute Gasteiger partial charge is 0.338 e. The van der Waals surface area contributed by atoms with E-state index < -0.39 is 12.0 Å². The zero-order valence-corrected chi connectivity index (χ0v) is 20.5. The number of benzene rings is 1. The first kappa shape index (κ1) is 25.8. The molecular formula is C24H35N3O4S. The van der Waals surface area contributed by atoms with Crippen LogP contribution in [0.4, 0.5) is 5.69 Å². The Bertz CT molecular complexity index is 855. The summed E-state index contributed by atoms with van der Waals surface area (Å²) in [6, 6.07) is 7.03. The highest BCUT2D eigenvalue weighted by molar-refractivity contribution is 7.80. The maximum Gasteiger partial charge on any atom is 0.338 e. The molecule has 0 radical (unpaired) electrons. The van der Waals surface area contributed by atoms with Crippen molar-refractivity contribution in [2.45, 2.75) is 52.5 Å². The van der Waals surface area contributed by atoms with E-state index in [1.807, 2.05) is 38.1 Å². The summed E-state index contributed by atoms with van der Waals surface area (Å²) in [5, 5.41) is 6.79. The molecule has 1 aromatic carbocycles. The van der Waals surface area contributed by atoms with Crippen LogP contribution in [0.1, 0.15) is 58.1 Å². The van der Waals surface area contributed by atoms with Crippen LogP contribution in [0.2, 0.25) is 0 Å². The van der Waals surface area contributed by atoms with Gasteiger partial charge < -0.3 is 25.0 Å². The minimum atomic E-state index is -0.479. The number of ether oxygens (including phenoxy) is 2. The summed E-state index contributed by atoms with van der Waals surface area (Å²) in [4.78, 5) is 27.4. The molecular weight excluding hydrogens is 426 g/mol. The first-order valence-corrected chi connectivity index (χ1v) is 11.6. The lowest BCUT2D eigenvalue weighted by molar-refractivity contribution is -0.140. The van der Waals surface area contributed by atoms with Gasteiger partial charge in [-0.2, -0.15) is 0 Å². The van der Waals surface area contributed by atoms with Crippen LogP contribution in [0.15, 0.2) is 35.5 Å². The molecule has 1 amide bonds. The molecule has 0 fully saturated rings. The van der Waals surface area contributed by atoms with Crippen molar-refractivity contribution in [1.29, 1.82) is 0 Å². The number of carbonyl (C=O) groups excluding carboxylic acids is 2. The average Bonchev–Trinajstić information content (AvgIpc) is 2.78. The van der Waals surface area contributed by atoms with Gasteiger partial charge in [0.2, 0.25) is 5.91 Å². The Hall–Kier alpha value is -2.45. The average molecular weight is 462 g/mol. The van der Waals surface area contributed by atoms with Crippen molar-refractivity contribution in [1.82, 2.24) is 10.2 Å². The number of amides is 1. The van der Waals surface area contributed by atoms with Gasteiger partial charge in [0, 0.05) is 31.5 Å². The van der Waals surface area contributed by atoms with Crippen LogP contribution in [0.5, 0.6) is 0 Å². The number of unbranched alkanes of at least 4 members (excludes halogenated alkanes) is 1. The minimum absolute atomic E-state index is 0.0129. The minimum Gasteiger partial charge on any atom is -0.460 e. The molecule has 2 atom stereocenters. The predicted octanol–water partition coefficient (Wildman–Crippen LogP) is 4.17. The Morgan fingerprint density at radius 1 is 1.28 bits per heavy atom. The van der Waals surface area contributed by atoms with Gasteiger partial charge in [-0.25, -0.2) is 4.79 Å². The van der Waals surface area contributed by atoms with Gasteiger partial charge in [-0.15, -0.1) is 0 Å². The predicted molar refractivity (Wildman–Crippen MR) is 130 cm³/mol. The number of allylic oxidation sites excluding steroid dienone is 1. The van der Waals surface area contributed by atoms with Crippen LogP contribution in [-0.4, -0.2) is 49.3 Å². The maximum atomic E-state index is 12.9. The summed E-state index contributed by atoms with van der Waals surface area (Å²) in [5.41, 5.74) is 2.72. The highest BCUT2D eigenvalue weighted by atomic mass is 32.1. The zero-order chi connectivity index (χ0) is 23.7. The molecule has 1 heterocycles. The van der Waals surface area contributed by atoms with Crippen molar-refractivity contribution in [2.24, 2.45) is 5.92 Å². The van der Waals surface area contributed by atoms with Gasteiger partial charge in [-0.1, -0.05) is 38.8 Å². The first-order valence-electron chi connectivity index (χ1n) is 11.2. The topological polar surface area (TPSA) is 79.9 Å². The molecule has 0 spiro atoms. The zero-order valence-electron chi connectivity index (χ0n) is 19.7. The SMILES string of the molecule is CCCCC(CC)C(=O)Nc1cccc(C2NC(=S)N(C)C(C)=C2C(=O)OCCOC)c1. The van der Waals surface area contributed by atoms with Crippen molar-refractivity contribution in [3.8, 4) is 0 Å². The summed E-state index contributed by atoms with van der Waals surface area (Å²) >= 11 is 5.46. The maximum absolute atomic E-state index is 12.9. The molecule has 8 heteroatoms. The van der Waals surface area contributed by atoms with Crippen molar-refractivity contribution >= 4 is 34.9 Å². The third kappa shape index (κ3) is 6.53. The number of hydrogen-bond acceptors (Lipinski definition) is 5. The summed E-state index contributed by atoms with van der Waals surface area (Å²) in [6.45, 7) is 6.50. The Kier molecular flexibility index (Phi) is 10.1. The molecule has 7 nitrogen and oxygen atoms in total. The van der Waals surface area contributed by atoms with Gasteiger partial charge in [-0.3, -0.25) is 4.79 Å². The van der Waals surface area contributed by atoms with E-state index in [0.29, 0.717) is 23.0 Å². The van der Waals surface area contributed by atoms with Gasteiger partial charge in [-0.05, 0) is 49.7 Å². The quantitative estimate of drug-likeness (QED) is 0.291. The van der Waals surface area contributed by atoms with Crippen LogP contribution in [0.3, 0.4) is 0 Å². The van der Waals surface area contributed by atoms with E-state index in [9.17, 15) is 9.59 Å². The Morgan fingerprint density at radius 3 is 2.69 bits per heavy atom. The lowest BCUT2D eigenvalue weighted by Crippen LogP contribution is -2.46. The third-order valence-electron chi connectivity index (χ3n) is 5.75. The molecule has 0 saturated heterocycles. The number of hydrogen-bond donors (Lipinski definition) is 2. The molecule has 2 unspecified atom stereocenters. The van der Waals surface area contributed by atoms with E-state index in [2.05, 4.69) is 17.6 Å². The molecule has 1 aliphatic rings. The second kappa shape index (κ2) is 12.6. The molecule has 2 rings (SSSR count). The molecule has 1 aromatic rings. The highest BCUT2D eigenvalue weighted by Gasteiger charge is 2.33. The summed E-state index contributed by atoms with van der Waals surface area (Å²) in [7, 11) is 3.36. The fourth-order valence-corrected chi connectivity index (χ4v) is 3.91. The van der Waals surface area contributed by atoms with Crippen molar-refractivity contribution < 1.29 is 19.1 Å².